The van der Waals surface area contributed by atoms with Crippen LogP contribution in [0.3, 0.4) is 0 Å². The third kappa shape index (κ3) is 8.71. The molecule has 47 heavy (non-hydrogen) atoms. The van der Waals surface area contributed by atoms with E-state index in [9.17, 15) is 44.7 Å². The number of unbranched alkanes of at least 4 members (excludes halogenated alkanes) is 5. The minimum absolute atomic E-state index is 0.128. The van der Waals surface area contributed by atoms with Crippen LogP contribution in [-0.2, 0) is 25.4 Å². The average Bonchev–Trinajstić information content (AvgIpc) is 3.49. The number of nitrogens with zero attached hydrogens (tertiary/aromatic N) is 1. The molecule has 0 saturated carbocycles. The van der Waals surface area contributed by atoms with Gasteiger partial charge in [-0.2, -0.15) is 0 Å². The monoisotopic (exact) mass is 664 g/mol. The lowest BCUT2D eigenvalue weighted by atomic mass is 9.98. The molecular formula is C31H44N4O12. The predicted octanol–water partition coefficient (Wildman–Crippen LogP) is -1.27. The molecule has 2 aromatic rings. The van der Waals surface area contributed by atoms with Gasteiger partial charge in [-0.1, -0.05) is 51.2 Å². The highest BCUT2D eigenvalue weighted by atomic mass is 16.7. The molecule has 1 aromatic carbocycles. The fourth-order valence-corrected chi connectivity index (χ4v) is 5.78. The van der Waals surface area contributed by atoms with Crippen LogP contribution in [-0.4, -0.2) is 109 Å². The number of ether oxygens (including phenoxy) is 3. The molecule has 2 saturated heterocycles. The number of carboxylic acids is 1. The van der Waals surface area contributed by atoms with Crippen molar-refractivity contribution < 1.29 is 49.3 Å². The maximum Gasteiger partial charge on any atom is 0.330 e. The maximum absolute atomic E-state index is 13.3. The number of aryl methyl sites for hydroxylation is 1. The van der Waals surface area contributed by atoms with Crippen molar-refractivity contribution in [1.29, 1.82) is 0 Å². The zero-order valence-electron chi connectivity index (χ0n) is 26.0. The Hall–Kier alpha value is -3.48. The van der Waals surface area contributed by atoms with Gasteiger partial charge in [0.25, 0.3) is 11.5 Å². The van der Waals surface area contributed by atoms with Gasteiger partial charge in [0.2, 0.25) is 0 Å². The van der Waals surface area contributed by atoms with Crippen LogP contribution in [0.25, 0.3) is 0 Å². The summed E-state index contributed by atoms with van der Waals surface area (Å²) in [6, 6.07) is 5.63. The number of nitrogens with two attached hydrogens (primary N) is 1. The number of aliphatic hydroxyl groups is 4. The van der Waals surface area contributed by atoms with Gasteiger partial charge in [0, 0.05) is 24.4 Å². The number of carbonyl (C=O) groups is 2. The zero-order chi connectivity index (χ0) is 34.2. The van der Waals surface area contributed by atoms with E-state index < -0.39 is 84.4 Å². The third-order valence-corrected chi connectivity index (χ3v) is 8.48. The smallest absolute Gasteiger partial charge is 0.330 e. The fourth-order valence-electron chi connectivity index (χ4n) is 5.78. The van der Waals surface area contributed by atoms with Crippen molar-refractivity contribution in [3.63, 3.8) is 0 Å². The Bertz CT molecular complexity index is 1450. The molecule has 2 aliphatic heterocycles. The maximum atomic E-state index is 13.3. The third-order valence-electron chi connectivity index (χ3n) is 8.48. The summed E-state index contributed by atoms with van der Waals surface area (Å²) >= 11 is 0. The normalized spacial score (nSPS) is 28.6. The Labute approximate surface area is 270 Å². The SMILES string of the molecule is CCCCCCCCc1ccc(C(=O)N[C@H](C(=O)O)[C@H](O[C@@H]2O[C@H](CN)[C@@H](O)[C@H]2O)[C@H]2O[C@@H](n3ccc(=O)[nH]c3=O)[C@H](O)[C@@H]2O)cc1. The molecule has 10 atom stereocenters. The van der Waals surface area contributed by atoms with E-state index in [1.54, 1.807) is 24.3 Å². The second-order valence-electron chi connectivity index (χ2n) is 11.9. The number of aromatic amines is 1. The molecule has 0 spiro atoms. The first-order valence-corrected chi connectivity index (χ1v) is 15.8. The number of rotatable bonds is 16. The molecule has 260 valence electrons. The summed E-state index contributed by atoms with van der Waals surface area (Å²) in [5.74, 6) is -2.45. The molecule has 0 bridgehead atoms. The van der Waals surface area contributed by atoms with Crippen LogP contribution in [0.15, 0.2) is 46.1 Å². The minimum Gasteiger partial charge on any atom is -0.480 e. The van der Waals surface area contributed by atoms with Crippen LogP contribution in [0.5, 0.6) is 0 Å². The molecule has 1 amide bonds. The van der Waals surface area contributed by atoms with Gasteiger partial charge < -0.3 is 50.8 Å². The first-order chi connectivity index (χ1) is 22.5. The van der Waals surface area contributed by atoms with Gasteiger partial charge in [-0.05, 0) is 30.5 Å². The highest BCUT2D eigenvalue weighted by molar-refractivity contribution is 5.96. The quantitative estimate of drug-likeness (QED) is 0.0976. The Balaban J connectivity index is 1.56. The summed E-state index contributed by atoms with van der Waals surface area (Å²) in [5.41, 5.74) is 5.00. The van der Waals surface area contributed by atoms with Gasteiger partial charge in [0.15, 0.2) is 18.6 Å². The summed E-state index contributed by atoms with van der Waals surface area (Å²) < 4.78 is 17.8. The van der Waals surface area contributed by atoms with Crippen LogP contribution >= 0.6 is 0 Å². The van der Waals surface area contributed by atoms with Gasteiger partial charge in [-0.25, -0.2) is 9.59 Å². The molecule has 9 N–H and O–H groups in total. The Morgan fingerprint density at radius 3 is 2.26 bits per heavy atom. The van der Waals surface area contributed by atoms with Gasteiger partial charge in [-0.15, -0.1) is 0 Å². The van der Waals surface area contributed by atoms with E-state index in [0.29, 0.717) is 0 Å². The summed E-state index contributed by atoms with van der Waals surface area (Å²) in [5, 5.41) is 55.3. The van der Waals surface area contributed by atoms with E-state index in [1.165, 1.54) is 19.3 Å². The highest BCUT2D eigenvalue weighted by Gasteiger charge is 2.54. The van der Waals surface area contributed by atoms with Gasteiger partial charge in [-0.3, -0.25) is 19.1 Å². The predicted molar refractivity (Wildman–Crippen MR) is 164 cm³/mol. The first kappa shape index (κ1) is 36.4. The van der Waals surface area contributed by atoms with E-state index in [-0.39, 0.29) is 12.1 Å². The Kier molecular flexibility index (Phi) is 12.8. The number of H-pyrrole nitrogens is 1. The number of carboxylic acid groups (broad SMARTS) is 1. The molecule has 3 heterocycles. The molecule has 0 radical (unpaired) electrons. The van der Waals surface area contributed by atoms with Crippen LogP contribution in [0.1, 0.15) is 67.6 Å². The van der Waals surface area contributed by atoms with E-state index in [2.05, 4.69) is 12.2 Å². The second kappa shape index (κ2) is 16.6. The number of nitrogens with one attached hydrogen (secondary N) is 2. The first-order valence-electron chi connectivity index (χ1n) is 15.8. The van der Waals surface area contributed by atoms with E-state index in [0.717, 1.165) is 48.1 Å². The van der Waals surface area contributed by atoms with Crippen molar-refractivity contribution in [3.05, 3.63) is 68.5 Å². The molecule has 4 rings (SSSR count). The summed E-state index contributed by atoms with van der Waals surface area (Å²) in [6.45, 7) is 1.93. The topological polar surface area (TPSA) is 256 Å². The van der Waals surface area contributed by atoms with Crippen LogP contribution in [0.2, 0.25) is 0 Å². The molecule has 16 heteroatoms. The lowest BCUT2D eigenvalue weighted by Gasteiger charge is -2.33. The van der Waals surface area contributed by atoms with Crippen molar-refractivity contribution in [2.75, 3.05) is 6.54 Å². The lowest BCUT2D eigenvalue weighted by Crippen LogP contribution is -2.58. The van der Waals surface area contributed by atoms with Crippen LogP contribution in [0, 0.1) is 0 Å². The number of hydrogen-bond acceptors (Lipinski definition) is 12. The molecule has 1 aromatic heterocycles. The number of amides is 1. The average molecular weight is 665 g/mol. The molecule has 2 aliphatic rings. The Morgan fingerprint density at radius 2 is 1.64 bits per heavy atom. The van der Waals surface area contributed by atoms with Crippen molar-refractivity contribution in [3.8, 4) is 0 Å². The lowest BCUT2D eigenvalue weighted by molar-refractivity contribution is -0.227. The van der Waals surface area contributed by atoms with Gasteiger partial charge in [0.05, 0.1) is 0 Å². The van der Waals surface area contributed by atoms with Crippen molar-refractivity contribution in [2.24, 2.45) is 5.73 Å². The van der Waals surface area contributed by atoms with E-state index in [4.69, 9.17) is 19.9 Å². The molecular weight excluding hydrogens is 620 g/mol. The van der Waals surface area contributed by atoms with Crippen molar-refractivity contribution >= 4 is 11.9 Å². The molecule has 16 nitrogen and oxygen atoms in total. The summed E-state index contributed by atoms with van der Waals surface area (Å²) in [7, 11) is 0. The van der Waals surface area contributed by atoms with Crippen LogP contribution in [0.4, 0.5) is 0 Å². The van der Waals surface area contributed by atoms with Gasteiger partial charge >= 0.3 is 11.7 Å². The number of carbonyl (C=O) groups excluding carboxylic acids is 1. The standard InChI is InChI=1S/C31H44N4O12/c1-2-3-4-5-6-7-8-16-9-11-17(12-10-16)27(41)34-20(29(42)43)25(47-30-24(40)21(37)18(15-32)45-30)26-22(38)23(39)28(46-26)35-14-13-19(36)33-31(35)44/h9-14,18,20-26,28,30,37-40H,2-8,15,32H2,1H3,(H,34,41)(H,42,43)(H,33,36,44)/t18-,20+,21-,22+,23-,24-,25+,26+,28-,30+/m1/s1. The van der Waals surface area contributed by atoms with Crippen molar-refractivity contribution in [1.82, 2.24) is 14.9 Å². The molecule has 2 fully saturated rings. The summed E-state index contributed by atoms with van der Waals surface area (Å²) in [6.07, 6.45) is -6.34. The molecule has 0 unspecified atom stereocenters. The molecule has 0 aliphatic carbocycles. The van der Waals surface area contributed by atoms with E-state index >= 15 is 0 Å². The number of aliphatic carboxylic acids is 1. The number of benzene rings is 1. The largest absolute Gasteiger partial charge is 0.480 e. The highest BCUT2D eigenvalue weighted by Crippen LogP contribution is 2.34. The Morgan fingerprint density at radius 1 is 0.957 bits per heavy atom. The summed E-state index contributed by atoms with van der Waals surface area (Å²) in [4.78, 5) is 51.9. The fraction of sp³-hybridized carbons (Fsp3) is 0.613. The second-order valence-corrected chi connectivity index (χ2v) is 11.9. The van der Waals surface area contributed by atoms with Crippen molar-refractivity contribution in [2.45, 2.75) is 113 Å². The number of hydrogen-bond donors (Lipinski definition) is 8. The van der Waals surface area contributed by atoms with Gasteiger partial charge in [0.1, 0.15) is 42.7 Å². The number of aromatic nitrogens is 2. The van der Waals surface area contributed by atoms with Crippen LogP contribution < -0.4 is 22.3 Å². The van der Waals surface area contributed by atoms with E-state index in [1.807, 2.05) is 4.98 Å². The number of aliphatic hydroxyl groups excluding tert-OH is 4. The minimum atomic E-state index is -1.98. The zero-order valence-corrected chi connectivity index (χ0v) is 26.0.